The number of benzene rings is 1. The molecule has 0 atom stereocenters. The fourth-order valence-electron chi connectivity index (χ4n) is 1.52. The number of hydrogen-bond acceptors (Lipinski definition) is 4. The third-order valence-corrected chi connectivity index (χ3v) is 3.90. The molecule has 0 amide bonds. The molecule has 1 aromatic carbocycles. The molecule has 2 rings (SSSR count). The van der Waals surface area contributed by atoms with Gasteiger partial charge in [0.15, 0.2) is 0 Å². The van der Waals surface area contributed by atoms with Crippen molar-refractivity contribution in [2.75, 3.05) is 10.6 Å². The molecule has 0 N–H and O–H groups in total. The van der Waals surface area contributed by atoms with Gasteiger partial charge < -0.3 is 1.43 Å². The molecular weight excluding hydrogens is 353 g/mol. The molecule has 0 fully saturated rings. The Morgan fingerprint density at radius 2 is 1.75 bits per heavy atom. The van der Waals surface area contributed by atoms with Crippen molar-refractivity contribution in [3.05, 3.63) is 52.8 Å². The Morgan fingerprint density at radius 1 is 1.20 bits per heavy atom. The molecular formula is C12H13BrN3NaO2S. The summed E-state index contributed by atoms with van der Waals surface area (Å²) in [5.74, 6) is 0.162. The summed E-state index contributed by atoms with van der Waals surface area (Å²) in [5, 5.41) is 0. The third kappa shape index (κ3) is 4.82. The van der Waals surface area contributed by atoms with Gasteiger partial charge in [0.1, 0.15) is 0 Å². The SMILES string of the molecule is CS(=O)(=O)N(Cc1ccccc1)c1ncc(Br)cn1.[H-].[Na+]. The van der Waals surface area contributed by atoms with Crippen LogP contribution in [0.1, 0.15) is 6.99 Å². The molecule has 0 bridgehead atoms. The monoisotopic (exact) mass is 365 g/mol. The van der Waals surface area contributed by atoms with E-state index < -0.39 is 10.0 Å². The second kappa shape index (κ2) is 7.51. The summed E-state index contributed by atoms with van der Waals surface area (Å²) < 4.78 is 25.6. The Morgan fingerprint density at radius 3 is 2.25 bits per heavy atom. The second-order valence-electron chi connectivity index (χ2n) is 3.96. The van der Waals surface area contributed by atoms with Gasteiger partial charge in [-0.2, -0.15) is 0 Å². The zero-order valence-corrected chi connectivity index (χ0v) is 15.6. The first-order valence-electron chi connectivity index (χ1n) is 5.46. The van der Waals surface area contributed by atoms with Crippen LogP contribution in [0.3, 0.4) is 0 Å². The predicted molar refractivity (Wildman–Crippen MR) is 78.3 cm³/mol. The van der Waals surface area contributed by atoms with Crippen LogP contribution in [0, 0.1) is 0 Å². The summed E-state index contributed by atoms with van der Waals surface area (Å²) in [4.78, 5) is 8.06. The summed E-state index contributed by atoms with van der Waals surface area (Å²) in [7, 11) is -3.44. The molecule has 0 spiro atoms. The van der Waals surface area contributed by atoms with Crippen LogP contribution in [0.15, 0.2) is 47.2 Å². The summed E-state index contributed by atoms with van der Waals surface area (Å²) in [6.45, 7) is 0.210. The standard InChI is InChI=1S/C12H12BrN3O2S.Na.H/c1-19(17,18)16(9-10-5-3-2-4-6-10)12-14-7-11(13)8-15-12;;/h2-8H,9H2,1H3;;/q;+1;-1. The number of aromatic nitrogens is 2. The van der Waals surface area contributed by atoms with E-state index >= 15 is 0 Å². The number of sulfonamides is 1. The number of anilines is 1. The van der Waals surface area contributed by atoms with Gasteiger partial charge in [-0.05, 0) is 21.5 Å². The van der Waals surface area contributed by atoms with Crippen molar-refractivity contribution in [1.82, 2.24) is 9.97 Å². The Balaban J connectivity index is 0.00000200. The minimum absolute atomic E-state index is 0. The van der Waals surface area contributed by atoms with Crippen LogP contribution in [0.25, 0.3) is 0 Å². The van der Waals surface area contributed by atoms with Gasteiger partial charge in [-0.25, -0.2) is 22.7 Å². The van der Waals surface area contributed by atoms with E-state index in [-0.39, 0.29) is 43.5 Å². The van der Waals surface area contributed by atoms with Crippen molar-refractivity contribution in [2.45, 2.75) is 6.54 Å². The van der Waals surface area contributed by atoms with Crippen molar-refractivity contribution in [3.63, 3.8) is 0 Å². The minimum atomic E-state index is -3.44. The summed E-state index contributed by atoms with van der Waals surface area (Å²) in [5.41, 5.74) is 0.874. The van der Waals surface area contributed by atoms with Gasteiger partial charge in [-0.15, -0.1) is 0 Å². The molecule has 0 saturated heterocycles. The largest absolute Gasteiger partial charge is 1.00 e. The smallest absolute Gasteiger partial charge is 1.00 e. The maximum atomic E-state index is 11.9. The van der Waals surface area contributed by atoms with E-state index in [4.69, 9.17) is 0 Å². The molecule has 2 aromatic rings. The number of halogens is 1. The molecule has 0 radical (unpaired) electrons. The van der Waals surface area contributed by atoms with Crippen molar-refractivity contribution in [3.8, 4) is 0 Å². The Labute approximate surface area is 150 Å². The van der Waals surface area contributed by atoms with Crippen LogP contribution in [0.2, 0.25) is 0 Å². The van der Waals surface area contributed by atoms with Gasteiger partial charge in [0, 0.05) is 12.4 Å². The van der Waals surface area contributed by atoms with Gasteiger partial charge in [0.05, 0.1) is 17.3 Å². The first-order valence-corrected chi connectivity index (χ1v) is 8.10. The van der Waals surface area contributed by atoms with E-state index in [2.05, 4.69) is 25.9 Å². The average Bonchev–Trinajstić information content (AvgIpc) is 2.37. The Bertz CT molecular complexity index is 656. The van der Waals surface area contributed by atoms with Crippen LogP contribution in [-0.2, 0) is 16.6 Å². The molecule has 0 aliphatic carbocycles. The number of hydrogen-bond donors (Lipinski definition) is 0. The number of rotatable bonds is 4. The predicted octanol–water partition coefficient (Wildman–Crippen LogP) is -0.678. The molecule has 0 unspecified atom stereocenters. The zero-order valence-electron chi connectivity index (χ0n) is 12.2. The molecule has 8 heteroatoms. The molecule has 5 nitrogen and oxygen atoms in total. The van der Waals surface area contributed by atoms with E-state index in [0.717, 1.165) is 11.8 Å². The van der Waals surface area contributed by atoms with E-state index in [0.29, 0.717) is 4.47 Å². The summed E-state index contributed by atoms with van der Waals surface area (Å²) in [6.07, 6.45) is 4.18. The van der Waals surface area contributed by atoms with Crippen molar-refractivity contribution < 1.29 is 39.4 Å². The molecule has 1 aromatic heterocycles. The molecule has 1 heterocycles. The molecule has 0 aliphatic heterocycles. The van der Waals surface area contributed by atoms with Crippen LogP contribution >= 0.6 is 15.9 Å². The van der Waals surface area contributed by atoms with Gasteiger partial charge in [-0.1, -0.05) is 30.3 Å². The maximum Gasteiger partial charge on any atom is 1.00 e. The van der Waals surface area contributed by atoms with Gasteiger partial charge >= 0.3 is 29.6 Å². The van der Waals surface area contributed by atoms with E-state index in [1.807, 2.05) is 30.3 Å². The molecule has 20 heavy (non-hydrogen) atoms. The van der Waals surface area contributed by atoms with Gasteiger partial charge in [0.2, 0.25) is 16.0 Å². The van der Waals surface area contributed by atoms with Crippen molar-refractivity contribution >= 4 is 31.9 Å². The third-order valence-electron chi connectivity index (χ3n) is 2.40. The average molecular weight is 366 g/mol. The van der Waals surface area contributed by atoms with Crippen LogP contribution in [0.4, 0.5) is 5.95 Å². The molecule has 0 saturated carbocycles. The first kappa shape index (κ1) is 17.6. The first-order chi connectivity index (χ1) is 8.97. The van der Waals surface area contributed by atoms with E-state index in [9.17, 15) is 8.42 Å². The van der Waals surface area contributed by atoms with Crippen molar-refractivity contribution in [1.29, 1.82) is 0 Å². The van der Waals surface area contributed by atoms with Crippen LogP contribution in [-0.4, -0.2) is 24.6 Å². The summed E-state index contributed by atoms with van der Waals surface area (Å²) in [6, 6.07) is 9.31. The second-order valence-corrected chi connectivity index (χ2v) is 6.78. The minimum Gasteiger partial charge on any atom is -1.00 e. The summed E-state index contributed by atoms with van der Waals surface area (Å²) >= 11 is 3.22. The normalized spacial score (nSPS) is 10.7. The van der Waals surface area contributed by atoms with Crippen LogP contribution < -0.4 is 33.9 Å². The zero-order chi connectivity index (χ0) is 13.9. The van der Waals surface area contributed by atoms with Gasteiger partial charge in [0.25, 0.3) is 0 Å². The fraction of sp³-hybridized carbons (Fsp3) is 0.167. The molecule has 0 aliphatic rings. The Hall–Kier alpha value is -0.470. The van der Waals surface area contributed by atoms with Gasteiger partial charge in [-0.3, -0.25) is 0 Å². The topological polar surface area (TPSA) is 63.2 Å². The van der Waals surface area contributed by atoms with Crippen LogP contribution in [0.5, 0.6) is 0 Å². The fourth-order valence-corrected chi connectivity index (χ4v) is 2.50. The molecule has 102 valence electrons. The quantitative estimate of drug-likeness (QED) is 0.673. The maximum absolute atomic E-state index is 11.9. The Kier molecular flexibility index (Phi) is 6.60. The van der Waals surface area contributed by atoms with Crippen molar-refractivity contribution in [2.24, 2.45) is 0 Å². The van der Waals surface area contributed by atoms with E-state index in [1.54, 1.807) is 0 Å². The number of nitrogens with zero attached hydrogens (tertiary/aromatic N) is 3. The van der Waals surface area contributed by atoms with E-state index in [1.165, 1.54) is 16.7 Å².